The van der Waals surface area contributed by atoms with Crippen molar-refractivity contribution in [1.82, 2.24) is 15.0 Å². The van der Waals surface area contributed by atoms with E-state index in [2.05, 4.69) is 58.4 Å². The molecule has 152 valence electrons. The molecule has 0 bridgehead atoms. The van der Waals surface area contributed by atoms with Crippen molar-refractivity contribution in [3.8, 4) is 5.75 Å². The fourth-order valence-electron chi connectivity index (χ4n) is 3.83. The molecule has 0 aliphatic carbocycles. The van der Waals surface area contributed by atoms with Gasteiger partial charge in [-0.1, -0.05) is 53.2 Å². The van der Waals surface area contributed by atoms with E-state index in [-0.39, 0.29) is 0 Å². The van der Waals surface area contributed by atoms with Gasteiger partial charge in [0.2, 0.25) is 5.89 Å². The molecule has 0 N–H and O–H groups in total. The average molecular weight is 392 g/mol. The summed E-state index contributed by atoms with van der Waals surface area (Å²) in [6, 6.07) is 18.7. The molecular weight excluding hydrogens is 362 g/mol. The van der Waals surface area contributed by atoms with E-state index in [4.69, 9.17) is 9.26 Å². The standard InChI is InChI=1S/C24H29N3O2/c1-19-9-12-22(13-10-19)28-18-21-8-5-15-27(16-21)17-24-25-23(26-29-24)14-11-20-6-3-2-4-7-20/h2-4,6-7,9-10,12-13,21H,5,8,11,14-18H2,1H3/t21-/m1/s1. The van der Waals surface area contributed by atoms with Crippen LogP contribution in [-0.2, 0) is 19.4 Å². The Morgan fingerprint density at radius 2 is 1.90 bits per heavy atom. The maximum Gasteiger partial charge on any atom is 0.240 e. The van der Waals surface area contributed by atoms with E-state index in [0.717, 1.165) is 50.7 Å². The predicted molar refractivity (Wildman–Crippen MR) is 113 cm³/mol. The lowest BCUT2D eigenvalue weighted by molar-refractivity contribution is 0.115. The third-order valence-corrected chi connectivity index (χ3v) is 5.46. The van der Waals surface area contributed by atoms with Gasteiger partial charge in [0.25, 0.3) is 0 Å². The molecule has 1 saturated heterocycles. The average Bonchev–Trinajstić information content (AvgIpc) is 3.20. The van der Waals surface area contributed by atoms with Crippen LogP contribution in [0.2, 0.25) is 0 Å². The van der Waals surface area contributed by atoms with Gasteiger partial charge in [0.15, 0.2) is 5.82 Å². The van der Waals surface area contributed by atoms with Crippen LogP contribution in [0, 0.1) is 12.8 Å². The number of piperidine rings is 1. The molecule has 4 rings (SSSR count). The molecule has 2 heterocycles. The Bertz CT molecular complexity index is 877. The van der Waals surface area contributed by atoms with Crippen molar-refractivity contribution in [2.75, 3.05) is 19.7 Å². The molecule has 1 fully saturated rings. The quantitative estimate of drug-likeness (QED) is 0.568. The number of nitrogens with zero attached hydrogens (tertiary/aromatic N) is 3. The van der Waals surface area contributed by atoms with Crippen molar-refractivity contribution in [3.05, 3.63) is 77.4 Å². The van der Waals surface area contributed by atoms with E-state index in [0.29, 0.717) is 11.8 Å². The first-order valence-corrected chi connectivity index (χ1v) is 10.5. The molecule has 0 saturated carbocycles. The third-order valence-electron chi connectivity index (χ3n) is 5.46. The maximum absolute atomic E-state index is 6.00. The molecule has 1 aromatic heterocycles. The fourth-order valence-corrected chi connectivity index (χ4v) is 3.83. The second-order valence-corrected chi connectivity index (χ2v) is 7.96. The minimum Gasteiger partial charge on any atom is -0.493 e. The molecule has 0 unspecified atom stereocenters. The van der Waals surface area contributed by atoms with Gasteiger partial charge in [0.05, 0.1) is 13.2 Å². The zero-order chi connectivity index (χ0) is 19.9. The maximum atomic E-state index is 6.00. The summed E-state index contributed by atoms with van der Waals surface area (Å²) in [7, 11) is 0. The van der Waals surface area contributed by atoms with Crippen LogP contribution in [0.5, 0.6) is 5.75 Å². The molecule has 2 aromatic carbocycles. The van der Waals surface area contributed by atoms with Gasteiger partial charge >= 0.3 is 0 Å². The lowest BCUT2D eigenvalue weighted by atomic mass is 9.99. The first kappa shape index (κ1) is 19.6. The van der Waals surface area contributed by atoms with E-state index in [1.165, 1.54) is 24.0 Å². The van der Waals surface area contributed by atoms with Gasteiger partial charge in [-0.3, -0.25) is 4.90 Å². The lowest BCUT2D eigenvalue weighted by Gasteiger charge is -2.31. The summed E-state index contributed by atoms with van der Waals surface area (Å²) in [6.07, 6.45) is 4.12. The number of likely N-dealkylation sites (tertiary alicyclic amines) is 1. The number of aromatic nitrogens is 2. The topological polar surface area (TPSA) is 51.4 Å². The zero-order valence-corrected chi connectivity index (χ0v) is 17.1. The minimum atomic E-state index is 0.533. The molecule has 1 aliphatic rings. The smallest absolute Gasteiger partial charge is 0.240 e. The van der Waals surface area contributed by atoms with E-state index >= 15 is 0 Å². The van der Waals surface area contributed by atoms with Crippen LogP contribution in [0.1, 0.15) is 35.7 Å². The van der Waals surface area contributed by atoms with Gasteiger partial charge in [-0.15, -0.1) is 0 Å². The monoisotopic (exact) mass is 391 g/mol. The number of hydrogen-bond acceptors (Lipinski definition) is 5. The van der Waals surface area contributed by atoms with Crippen molar-refractivity contribution in [2.24, 2.45) is 5.92 Å². The van der Waals surface area contributed by atoms with Crippen LogP contribution < -0.4 is 4.74 Å². The zero-order valence-electron chi connectivity index (χ0n) is 17.1. The van der Waals surface area contributed by atoms with Crippen LogP contribution in [0.25, 0.3) is 0 Å². The summed E-state index contributed by atoms with van der Waals surface area (Å²) in [4.78, 5) is 7.00. The molecule has 5 nitrogen and oxygen atoms in total. The van der Waals surface area contributed by atoms with E-state index in [1.54, 1.807) is 0 Å². The largest absolute Gasteiger partial charge is 0.493 e. The van der Waals surface area contributed by atoms with Crippen LogP contribution in [-0.4, -0.2) is 34.7 Å². The van der Waals surface area contributed by atoms with Crippen LogP contribution in [0.15, 0.2) is 59.1 Å². The second-order valence-electron chi connectivity index (χ2n) is 7.96. The van der Waals surface area contributed by atoms with Crippen molar-refractivity contribution < 1.29 is 9.26 Å². The Labute approximate surface area is 172 Å². The molecule has 0 amide bonds. The van der Waals surface area contributed by atoms with Crippen LogP contribution >= 0.6 is 0 Å². The summed E-state index contributed by atoms with van der Waals surface area (Å²) < 4.78 is 11.5. The molecule has 1 aliphatic heterocycles. The Morgan fingerprint density at radius 3 is 2.72 bits per heavy atom. The van der Waals surface area contributed by atoms with Crippen molar-refractivity contribution >= 4 is 0 Å². The van der Waals surface area contributed by atoms with Gasteiger partial charge in [-0.2, -0.15) is 4.98 Å². The molecule has 0 spiro atoms. The highest BCUT2D eigenvalue weighted by Crippen LogP contribution is 2.20. The first-order valence-electron chi connectivity index (χ1n) is 10.5. The second kappa shape index (κ2) is 9.70. The molecule has 5 heteroatoms. The van der Waals surface area contributed by atoms with Crippen molar-refractivity contribution in [2.45, 2.75) is 39.2 Å². The Hall–Kier alpha value is -2.66. The molecule has 29 heavy (non-hydrogen) atoms. The Morgan fingerprint density at radius 1 is 1.07 bits per heavy atom. The Kier molecular flexibility index (Phi) is 6.57. The fraction of sp³-hybridized carbons (Fsp3) is 0.417. The van der Waals surface area contributed by atoms with E-state index in [1.807, 2.05) is 18.2 Å². The van der Waals surface area contributed by atoms with Gasteiger partial charge in [0, 0.05) is 18.9 Å². The van der Waals surface area contributed by atoms with Crippen molar-refractivity contribution in [1.29, 1.82) is 0 Å². The number of aryl methyl sites for hydroxylation is 3. The third kappa shape index (κ3) is 5.91. The van der Waals surface area contributed by atoms with Crippen LogP contribution in [0.4, 0.5) is 0 Å². The van der Waals surface area contributed by atoms with Crippen molar-refractivity contribution in [3.63, 3.8) is 0 Å². The molecule has 1 atom stereocenters. The van der Waals surface area contributed by atoms with E-state index < -0.39 is 0 Å². The number of hydrogen-bond donors (Lipinski definition) is 0. The normalized spacial score (nSPS) is 17.3. The summed E-state index contributed by atoms with van der Waals surface area (Å²) in [6.45, 7) is 5.65. The summed E-state index contributed by atoms with van der Waals surface area (Å²) in [5.74, 6) is 2.99. The highest BCUT2D eigenvalue weighted by molar-refractivity contribution is 5.26. The summed E-state index contributed by atoms with van der Waals surface area (Å²) in [5.41, 5.74) is 2.55. The summed E-state index contributed by atoms with van der Waals surface area (Å²) >= 11 is 0. The van der Waals surface area contributed by atoms with Gasteiger partial charge in [0.1, 0.15) is 5.75 Å². The highest BCUT2D eigenvalue weighted by atomic mass is 16.5. The molecule has 0 radical (unpaired) electrons. The lowest BCUT2D eigenvalue weighted by Crippen LogP contribution is -2.37. The predicted octanol–water partition coefficient (Wildman–Crippen LogP) is 4.45. The molecule has 3 aromatic rings. The highest BCUT2D eigenvalue weighted by Gasteiger charge is 2.22. The summed E-state index contributed by atoms with van der Waals surface area (Å²) in [5, 5.41) is 4.16. The SMILES string of the molecule is Cc1ccc(OC[C@@H]2CCCN(Cc3nc(CCc4ccccc4)no3)C2)cc1. The van der Waals surface area contributed by atoms with Gasteiger partial charge in [-0.25, -0.2) is 0 Å². The first-order chi connectivity index (χ1) is 14.2. The number of ether oxygens (including phenoxy) is 1. The Balaban J connectivity index is 1.24. The van der Waals surface area contributed by atoms with E-state index in [9.17, 15) is 0 Å². The van der Waals surface area contributed by atoms with Gasteiger partial charge in [-0.05, 0) is 50.4 Å². The number of benzene rings is 2. The van der Waals surface area contributed by atoms with Gasteiger partial charge < -0.3 is 9.26 Å². The number of rotatable bonds is 8. The van der Waals surface area contributed by atoms with Crippen LogP contribution in [0.3, 0.4) is 0 Å². The minimum absolute atomic E-state index is 0.533. The molecular formula is C24H29N3O2.